The molecule has 0 saturated carbocycles. The Morgan fingerprint density at radius 3 is 0.895 bits per heavy atom. The molecule has 0 heterocycles. The summed E-state index contributed by atoms with van der Waals surface area (Å²) in [5, 5.41) is 0. The molecule has 0 bridgehead atoms. The number of hydrogen-bond acceptors (Lipinski definition) is 10. The zero-order valence-electron chi connectivity index (χ0n) is 23.4. The van der Waals surface area contributed by atoms with Gasteiger partial charge in [0.15, 0.2) is 0 Å². The minimum absolute atomic E-state index is 0.524. The third kappa shape index (κ3) is 35.6. The lowest BCUT2D eigenvalue weighted by molar-refractivity contribution is -0.0261. The SMILES string of the molecule is C=CCOCCOCCOCCOCCOCCOCCOCCOCCOCCOCCCCCCCl. The average Bonchev–Trinajstić information content (AvgIpc) is 2.93. The number of halogens is 1. The topological polar surface area (TPSA) is 92.3 Å². The van der Waals surface area contributed by atoms with Crippen LogP contribution in [0.4, 0.5) is 0 Å². The van der Waals surface area contributed by atoms with Gasteiger partial charge < -0.3 is 47.4 Å². The molecule has 0 saturated heterocycles. The summed E-state index contributed by atoms with van der Waals surface area (Å²) in [6, 6.07) is 0. The van der Waals surface area contributed by atoms with E-state index in [1.54, 1.807) is 6.08 Å². The van der Waals surface area contributed by atoms with Crippen molar-refractivity contribution in [1.82, 2.24) is 0 Å². The summed E-state index contributed by atoms with van der Waals surface area (Å²) in [7, 11) is 0. The summed E-state index contributed by atoms with van der Waals surface area (Å²) in [5.41, 5.74) is 0. The first-order valence-corrected chi connectivity index (χ1v) is 14.4. The summed E-state index contributed by atoms with van der Waals surface area (Å²) in [4.78, 5) is 0. The Morgan fingerprint density at radius 2 is 0.605 bits per heavy atom. The van der Waals surface area contributed by atoms with Gasteiger partial charge in [0.1, 0.15) is 0 Å². The molecule has 0 radical (unpaired) electrons. The van der Waals surface area contributed by atoms with Crippen LogP contribution in [0.15, 0.2) is 12.7 Å². The molecular formula is C27H53ClO10. The maximum atomic E-state index is 5.64. The van der Waals surface area contributed by atoms with E-state index in [1.807, 2.05) is 0 Å². The van der Waals surface area contributed by atoms with Crippen LogP contribution >= 0.6 is 11.6 Å². The lowest BCUT2D eigenvalue weighted by atomic mass is 10.2. The highest BCUT2D eigenvalue weighted by atomic mass is 35.5. The Hall–Kier alpha value is -0.370. The van der Waals surface area contributed by atoms with E-state index in [-0.39, 0.29) is 0 Å². The highest BCUT2D eigenvalue weighted by Crippen LogP contribution is 2.01. The summed E-state index contributed by atoms with van der Waals surface area (Å²) in [5.74, 6) is 0.746. The largest absolute Gasteiger partial charge is 0.379 e. The molecule has 10 nitrogen and oxygen atoms in total. The van der Waals surface area contributed by atoms with Crippen LogP contribution in [0.25, 0.3) is 0 Å². The smallest absolute Gasteiger partial charge is 0.0704 e. The molecule has 0 N–H and O–H groups in total. The zero-order chi connectivity index (χ0) is 27.5. The number of hydrogen-bond donors (Lipinski definition) is 0. The zero-order valence-corrected chi connectivity index (χ0v) is 24.2. The van der Waals surface area contributed by atoms with Gasteiger partial charge in [0.25, 0.3) is 0 Å². The quantitative estimate of drug-likeness (QED) is 0.0640. The van der Waals surface area contributed by atoms with Gasteiger partial charge in [-0.05, 0) is 12.8 Å². The van der Waals surface area contributed by atoms with E-state index in [2.05, 4.69) is 6.58 Å². The highest BCUT2D eigenvalue weighted by Gasteiger charge is 1.96. The van der Waals surface area contributed by atoms with Gasteiger partial charge in [0, 0.05) is 12.5 Å². The van der Waals surface area contributed by atoms with Gasteiger partial charge in [-0.3, -0.25) is 0 Å². The van der Waals surface area contributed by atoms with Crippen LogP contribution in [0.1, 0.15) is 25.7 Å². The fourth-order valence-electron chi connectivity index (χ4n) is 2.80. The number of ether oxygens (including phenoxy) is 10. The van der Waals surface area contributed by atoms with E-state index in [9.17, 15) is 0 Å². The minimum Gasteiger partial charge on any atom is -0.379 e. The van der Waals surface area contributed by atoms with E-state index < -0.39 is 0 Å². The first-order valence-electron chi connectivity index (χ1n) is 13.9. The molecule has 228 valence electrons. The number of unbranched alkanes of at least 4 members (excludes halogenated alkanes) is 3. The Kier molecular flexibility index (Phi) is 36.3. The summed E-state index contributed by atoms with van der Waals surface area (Å²) < 4.78 is 54.3. The molecule has 0 aliphatic heterocycles. The Morgan fingerprint density at radius 1 is 0.342 bits per heavy atom. The molecule has 0 spiro atoms. The van der Waals surface area contributed by atoms with E-state index in [0.29, 0.717) is 126 Å². The van der Waals surface area contributed by atoms with Gasteiger partial charge in [-0.2, -0.15) is 0 Å². The first-order chi connectivity index (χ1) is 18.9. The van der Waals surface area contributed by atoms with Gasteiger partial charge in [0.2, 0.25) is 0 Å². The summed E-state index contributed by atoms with van der Waals surface area (Å²) in [6.45, 7) is 14.7. The van der Waals surface area contributed by atoms with Crippen LogP contribution < -0.4 is 0 Å². The molecule has 0 fully saturated rings. The number of rotatable bonds is 35. The Balaban J connectivity index is 3.01. The maximum absolute atomic E-state index is 5.64. The van der Waals surface area contributed by atoms with E-state index in [1.165, 1.54) is 12.8 Å². The van der Waals surface area contributed by atoms with Gasteiger partial charge >= 0.3 is 0 Å². The summed E-state index contributed by atoms with van der Waals surface area (Å²) in [6.07, 6.45) is 6.22. The summed E-state index contributed by atoms with van der Waals surface area (Å²) >= 11 is 5.64. The van der Waals surface area contributed by atoms with Crippen LogP contribution in [0.2, 0.25) is 0 Å². The van der Waals surface area contributed by atoms with Crippen LogP contribution in [-0.2, 0) is 47.4 Å². The molecule has 0 aromatic heterocycles. The molecule has 38 heavy (non-hydrogen) atoms. The van der Waals surface area contributed by atoms with Crippen LogP contribution in [0, 0.1) is 0 Å². The van der Waals surface area contributed by atoms with Gasteiger partial charge in [-0.25, -0.2) is 0 Å². The van der Waals surface area contributed by atoms with E-state index in [4.69, 9.17) is 59.0 Å². The van der Waals surface area contributed by atoms with Crippen LogP contribution in [0.3, 0.4) is 0 Å². The van der Waals surface area contributed by atoms with Gasteiger partial charge in [-0.1, -0.05) is 18.9 Å². The van der Waals surface area contributed by atoms with Crippen molar-refractivity contribution in [3.8, 4) is 0 Å². The molecule has 0 aliphatic carbocycles. The third-order valence-electron chi connectivity index (χ3n) is 4.76. The lowest BCUT2D eigenvalue weighted by Crippen LogP contribution is -2.15. The maximum Gasteiger partial charge on any atom is 0.0704 e. The van der Waals surface area contributed by atoms with Crippen molar-refractivity contribution in [2.45, 2.75) is 25.7 Å². The fourth-order valence-corrected chi connectivity index (χ4v) is 2.99. The normalized spacial score (nSPS) is 11.4. The molecule has 0 atom stereocenters. The van der Waals surface area contributed by atoms with Crippen molar-refractivity contribution in [2.24, 2.45) is 0 Å². The second-order valence-electron chi connectivity index (χ2n) is 7.98. The molecule has 0 amide bonds. The number of alkyl halides is 1. The van der Waals surface area contributed by atoms with Crippen molar-refractivity contribution in [3.05, 3.63) is 12.7 Å². The van der Waals surface area contributed by atoms with Gasteiger partial charge in [0.05, 0.1) is 126 Å². The minimum atomic E-state index is 0.524. The Labute approximate surface area is 235 Å². The van der Waals surface area contributed by atoms with Crippen molar-refractivity contribution >= 4 is 11.6 Å². The molecule has 0 aromatic rings. The van der Waals surface area contributed by atoms with E-state index in [0.717, 1.165) is 25.3 Å². The Bertz CT molecular complexity index is 435. The molecule has 0 unspecified atom stereocenters. The average molecular weight is 573 g/mol. The van der Waals surface area contributed by atoms with Crippen molar-refractivity contribution in [1.29, 1.82) is 0 Å². The van der Waals surface area contributed by atoms with Crippen molar-refractivity contribution < 1.29 is 47.4 Å². The van der Waals surface area contributed by atoms with Gasteiger partial charge in [-0.15, -0.1) is 18.2 Å². The van der Waals surface area contributed by atoms with E-state index >= 15 is 0 Å². The fraction of sp³-hybridized carbons (Fsp3) is 0.926. The van der Waals surface area contributed by atoms with Crippen LogP contribution in [0.5, 0.6) is 0 Å². The second kappa shape index (κ2) is 36.6. The lowest BCUT2D eigenvalue weighted by Gasteiger charge is -2.09. The predicted molar refractivity (Wildman–Crippen MR) is 148 cm³/mol. The molecule has 0 aromatic carbocycles. The third-order valence-corrected chi connectivity index (χ3v) is 5.02. The molecule has 0 aliphatic rings. The highest BCUT2D eigenvalue weighted by molar-refractivity contribution is 6.17. The second-order valence-corrected chi connectivity index (χ2v) is 8.36. The van der Waals surface area contributed by atoms with Crippen LogP contribution in [-0.4, -0.2) is 138 Å². The molecular weight excluding hydrogens is 520 g/mol. The monoisotopic (exact) mass is 572 g/mol. The first kappa shape index (κ1) is 37.6. The standard InChI is InChI=1S/C27H53ClO10/c1-2-8-29-10-12-31-14-16-33-18-20-35-22-24-37-26-27-38-25-23-36-21-19-34-17-15-32-13-11-30-9-6-4-3-5-7-28/h2H,1,3-27H2. The molecule has 0 rings (SSSR count). The predicted octanol–water partition coefficient (Wildman–Crippen LogP) is 3.14. The van der Waals surface area contributed by atoms with Crippen molar-refractivity contribution in [2.75, 3.05) is 138 Å². The van der Waals surface area contributed by atoms with Crippen molar-refractivity contribution in [3.63, 3.8) is 0 Å². The molecule has 11 heteroatoms.